The number of hydrogen-bond donors (Lipinski definition) is 0. The predicted molar refractivity (Wildman–Crippen MR) is 108 cm³/mol. The van der Waals surface area contributed by atoms with Crippen molar-refractivity contribution < 1.29 is 4.79 Å². The summed E-state index contributed by atoms with van der Waals surface area (Å²) in [5.41, 5.74) is 5.64. The van der Waals surface area contributed by atoms with E-state index in [1.165, 1.54) is 0 Å². The van der Waals surface area contributed by atoms with E-state index < -0.39 is 0 Å². The highest BCUT2D eigenvalue weighted by Gasteiger charge is 2.28. The molecule has 27 heavy (non-hydrogen) atoms. The Labute approximate surface area is 160 Å². The third-order valence-electron chi connectivity index (χ3n) is 4.49. The lowest BCUT2D eigenvalue weighted by molar-refractivity contribution is 0.223. The summed E-state index contributed by atoms with van der Waals surface area (Å²) in [4.78, 5) is 16.3. The van der Waals surface area contributed by atoms with Crippen LogP contribution in [0.15, 0.2) is 48.5 Å². The first-order valence-electron chi connectivity index (χ1n) is 9.14. The smallest absolute Gasteiger partial charge is 0.324 e. The SMILES string of the molecule is CC.CN(C)C(=O)N1Cc2ccccc2-c2c(nnn2C)-c2ccccc21. The van der Waals surface area contributed by atoms with E-state index in [-0.39, 0.29) is 6.03 Å². The van der Waals surface area contributed by atoms with E-state index in [0.717, 1.165) is 33.8 Å². The normalized spacial score (nSPS) is 11.8. The van der Waals surface area contributed by atoms with Gasteiger partial charge in [-0.25, -0.2) is 9.48 Å². The van der Waals surface area contributed by atoms with Gasteiger partial charge in [0.1, 0.15) is 5.69 Å². The maximum atomic E-state index is 12.9. The van der Waals surface area contributed by atoms with E-state index in [0.29, 0.717) is 6.54 Å². The number of carbonyl (C=O) groups is 1. The number of carbonyl (C=O) groups excluding carboxylic acids is 1. The summed E-state index contributed by atoms with van der Waals surface area (Å²) in [6, 6.07) is 15.9. The van der Waals surface area contributed by atoms with Crippen LogP contribution in [0.2, 0.25) is 0 Å². The number of urea groups is 1. The fourth-order valence-electron chi connectivity index (χ4n) is 3.31. The van der Waals surface area contributed by atoms with Crippen LogP contribution in [0.5, 0.6) is 0 Å². The summed E-state index contributed by atoms with van der Waals surface area (Å²) in [5, 5.41) is 8.64. The molecular weight excluding hydrogens is 338 g/mol. The highest BCUT2D eigenvalue weighted by atomic mass is 16.2. The molecule has 3 aromatic rings. The maximum Gasteiger partial charge on any atom is 0.324 e. The van der Waals surface area contributed by atoms with Crippen molar-refractivity contribution in [3.63, 3.8) is 0 Å². The van der Waals surface area contributed by atoms with Gasteiger partial charge >= 0.3 is 6.03 Å². The van der Waals surface area contributed by atoms with Crippen LogP contribution in [0.3, 0.4) is 0 Å². The second kappa shape index (κ2) is 7.61. The number of fused-ring (bicyclic) bond motifs is 5. The molecule has 0 N–H and O–H groups in total. The summed E-state index contributed by atoms with van der Waals surface area (Å²) >= 11 is 0. The Bertz CT molecular complexity index is 961. The largest absolute Gasteiger partial charge is 0.330 e. The molecule has 2 aromatic carbocycles. The van der Waals surface area contributed by atoms with Crippen LogP contribution in [0, 0.1) is 0 Å². The van der Waals surface area contributed by atoms with Gasteiger partial charge in [-0.1, -0.05) is 61.5 Å². The number of rotatable bonds is 0. The standard InChI is InChI=1S/C19H19N5O.C2H6/c1-22(2)19(25)24-12-13-8-4-5-9-14(13)18-17(20-21-23(18)3)15-10-6-7-11-16(15)24;1-2/h4-11H,12H2,1-3H3;1-2H3. The van der Waals surface area contributed by atoms with E-state index in [1.807, 2.05) is 57.3 Å². The second-order valence-electron chi connectivity index (χ2n) is 6.35. The zero-order valence-corrected chi connectivity index (χ0v) is 16.5. The van der Waals surface area contributed by atoms with Gasteiger partial charge in [0.05, 0.1) is 17.9 Å². The lowest BCUT2D eigenvalue weighted by atomic mass is 9.96. The Morgan fingerprint density at radius 1 is 1.00 bits per heavy atom. The summed E-state index contributed by atoms with van der Waals surface area (Å²) in [7, 11) is 5.43. The van der Waals surface area contributed by atoms with Gasteiger partial charge in [0, 0.05) is 32.3 Å². The third kappa shape index (κ3) is 3.18. The van der Waals surface area contributed by atoms with Crippen molar-refractivity contribution in [2.75, 3.05) is 19.0 Å². The van der Waals surface area contributed by atoms with Gasteiger partial charge in [-0.3, -0.25) is 4.90 Å². The Morgan fingerprint density at radius 2 is 1.63 bits per heavy atom. The zero-order chi connectivity index (χ0) is 19.6. The molecule has 0 radical (unpaired) electrons. The molecule has 4 rings (SSSR count). The molecule has 6 nitrogen and oxygen atoms in total. The molecule has 1 aliphatic heterocycles. The van der Waals surface area contributed by atoms with Crippen LogP contribution in [-0.4, -0.2) is 40.0 Å². The van der Waals surface area contributed by atoms with Crippen molar-refractivity contribution in [3.05, 3.63) is 54.1 Å². The number of aryl methyl sites for hydroxylation is 1. The summed E-state index contributed by atoms with van der Waals surface area (Å²) < 4.78 is 1.80. The van der Waals surface area contributed by atoms with E-state index >= 15 is 0 Å². The molecule has 0 spiro atoms. The molecule has 0 bridgehead atoms. The van der Waals surface area contributed by atoms with Gasteiger partial charge in [0.2, 0.25) is 0 Å². The molecule has 0 atom stereocenters. The van der Waals surface area contributed by atoms with Gasteiger partial charge in [0.15, 0.2) is 0 Å². The minimum Gasteiger partial charge on any atom is -0.330 e. The van der Waals surface area contributed by atoms with Crippen LogP contribution in [0.4, 0.5) is 10.5 Å². The predicted octanol–water partition coefficient (Wildman–Crippen LogP) is 4.18. The van der Waals surface area contributed by atoms with E-state index in [1.54, 1.807) is 28.6 Å². The fraction of sp³-hybridized carbons (Fsp3) is 0.286. The number of hydrogen-bond acceptors (Lipinski definition) is 3. The number of amides is 2. The van der Waals surface area contributed by atoms with Crippen LogP contribution < -0.4 is 4.90 Å². The molecule has 0 unspecified atom stereocenters. The maximum absolute atomic E-state index is 12.9. The third-order valence-corrected chi connectivity index (χ3v) is 4.49. The van der Waals surface area contributed by atoms with E-state index in [9.17, 15) is 4.79 Å². The molecule has 0 aliphatic carbocycles. The fourth-order valence-corrected chi connectivity index (χ4v) is 3.31. The molecule has 1 aromatic heterocycles. The topological polar surface area (TPSA) is 54.3 Å². The molecule has 2 heterocycles. The Hall–Kier alpha value is -3.15. The van der Waals surface area contributed by atoms with Crippen molar-refractivity contribution in [3.8, 4) is 22.5 Å². The van der Waals surface area contributed by atoms with Crippen molar-refractivity contribution in [1.29, 1.82) is 0 Å². The van der Waals surface area contributed by atoms with Gasteiger partial charge in [-0.05, 0) is 11.6 Å². The minimum absolute atomic E-state index is 0.0606. The average molecular weight is 363 g/mol. The summed E-state index contributed by atoms with van der Waals surface area (Å²) in [5.74, 6) is 0. The molecule has 2 amide bonds. The van der Waals surface area contributed by atoms with Crippen LogP contribution in [0.1, 0.15) is 19.4 Å². The molecular formula is C21H25N5O. The lowest BCUT2D eigenvalue weighted by Crippen LogP contribution is -2.39. The quantitative estimate of drug-likeness (QED) is 0.602. The Kier molecular flexibility index (Phi) is 5.26. The monoisotopic (exact) mass is 363 g/mol. The highest BCUT2D eigenvalue weighted by Crippen LogP contribution is 2.40. The van der Waals surface area contributed by atoms with Gasteiger partial charge < -0.3 is 4.90 Å². The number of benzene rings is 2. The molecule has 1 aliphatic rings. The molecule has 0 fully saturated rings. The Balaban J connectivity index is 0.00000102. The molecule has 0 saturated heterocycles. The summed E-state index contributed by atoms with van der Waals surface area (Å²) in [6.07, 6.45) is 0. The average Bonchev–Trinajstić information content (AvgIpc) is 3.07. The van der Waals surface area contributed by atoms with Crippen molar-refractivity contribution in [2.45, 2.75) is 20.4 Å². The molecule has 6 heteroatoms. The first-order chi connectivity index (χ1) is 13.1. The second-order valence-corrected chi connectivity index (χ2v) is 6.35. The van der Waals surface area contributed by atoms with Crippen molar-refractivity contribution >= 4 is 11.7 Å². The minimum atomic E-state index is -0.0606. The van der Waals surface area contributed by atoms with Crippen LogP contribution >= 0.6 is 0 Å². The number of para-hydroxylation sites is 1. The lowest BCUT2D eigenvalue weighted by Gasteiger charge is -2.30. The number of nitrogens with zero attached hydrogens (tertiary/aromatic N) is 5. The van der Waals surface area contributed by atoms with Crippen LogP contribution in [-0.2, 0) is 13.6 Å². The summed E-state index contributed by atoms with van der Waals surface area (Å²) in [6.45, 7) is 4.49. The highest BCUT2D eigenvalue weighted by molar-refractivity contribution is 5.99. The van der Waals surface area contributed by atoms with E-state index in [2.05, 4.69) is 22.4 Å². The van der Waals surface area contributed by atoms with Gasteiger partial charge in [0.25, 0.3) is 0 Å². The van der Waals surface area contributed by atoms with Crippen molar-refractivity contribution in [2.24, 2.45) is 7.05 Å². The Morgan fingerprint density at radius 3 is 2.33 bits per heavy atom. The van der Waals surface area contributed by atoms with Gasteiger partial charge in [-0.2, -0.15) is 0 Å². The van der Waals surface area contributed by atoms with Crippen LogP contribution in [0.25, 0.3) is 22.5 Å². The zero-order valence-electron chi connectivity index (χ0n) is 16.5. The number of anilines is 1. The van der Waals surface area contributed by atoms with Crippen molar-refractivity contribution in [1.82, 2.24) is 19.9 Å². The van der Waals surface area contributed by atoms with E-state index in [4.69, 9.17) is 0 Å². The first-order valence-corrected chi connectivity index (χ1v) is 9.14. The first kappa shape index (κ1) is 18.6. The molecule has 140 valence electrons. The van der Waals surface area contributed by atoms with Gasteiger partial charge in [-0.15, -0.1) is 5.10 Å². The number of aromatic nitrogens is 3. The molecule has 0 saturated carbocycles.